The molecule has 6 heteroatoms. The van der Waals surface area contributed by atoms with Gasteiger partial charge in [-0.2, -0.15) is 0 Å². The fourth-order valence-corrected chi connectivity index (χ4v) is 2.73. The molecular weight excluding hydrogens is 327 g/mol. The van der Waals surface area contributed by atoms with Crippen molar-refractivity contribution < 1.29 is 14.0 Å². The molecule has 4 nitrogen and oxygen atoms in total. The molecule has 2 amide bonds. The first-order chi connectivity index (χ1) is 9.25. The quantitative estimate of drug-likeness (QED) is 0.785. The molecule has 0 N–H and O–H groups in total. The van der Waals surface area contributed by atoms with Gasteiger partial charge in [0.1, 0.15) is 11.4 Å². The zero-order valence-corrected chi connectivity index (χ0v) is 13.2. The molecule has 0 saturated carbocycles. The molecule has 2 rings (SSSR count). The van der Waals surface area contributed by atoms with E-state index in [2.05, 4.69) is 15.9 Å². The summed E-state index contributed by atoms with van der Waals surface area (Å²) in [6.07, 6.45) is 0. The lowest BCUT2D eigenvalue weighted by Crippen LogP contribution is -2.63. The maximum Gasteiger partial charge on any atom is 0.254 e. The molecule has 0 spiro atoms. The molecule has 1 saturated heterocycles. The van der Waals surface area contributed by atoms with E-state index in [0.29, 0.717) is 18.7 Å². The van der Waals surface area contributed by atoms with Crippen LogP contribution in [0.25, 0.3) is 0 Å². The third-order valence-corrected chi connectivity index (χ3v) is 4.22. The van der Waals surface area contributed by atoms with Crippen molar-refractivity contribution in [3.8, 4) is 0 Å². The lowest BCUT2D eigenvalue weighted by atomic mass is 9.96. The Balaban J connectivity index is 2.33. The number of halogens is 2. The van der Waals surface area contributed by atoms with E-state index in [1.54, 1.807) is 25.8 Å². The van der Waals surface area contributed by atoms with Gasteiger partial charge in [-0.1, -0.05) is 0 Å². The highest BCUT2D eigenvalue weighted by Crippen LogP contribution is 2.25. The first-order valence-corrected chi connectivity index (χ1v) is 7.07. The van der Waals surface area contributed by atoms with Crippen molar-refractivity contribution in [3.63, 3.8) is 0 Å². The summed E-state index contributed by atoms with van der Waals surface area (Å²) < 4.78 is 13.5. The minimum Gasteiger partial charge on any atom is -0.342 e. The molecule has 0 radical (unpaired) electrons. The minimum absolute atomic E-state index is 0.0988. The highest BCUT2D eigenvalue weighted by atomic mass is 79.9. The first-order valence-electron chi connectivity index (χ1n) is 6.27. The summed E-state index contributed by atoms with van der Waals surface area (Å²) >= 11 is 3.07. The molecule has 1 fully saturated rings. The van der Waals surface area contributed by atoms with E-state index in [0.717, 1.165) is 0 Å². The third kappa shape index (κ3) is 2.44. The summed E-state index contributed by atoms with van der Waals surface area (Å²) in [5.74, 6) is -0.786. The maximum absolute atomic E-state index is 13.2. The first kappa shape index (κ1) is 15.0. The van der Waals surface area contributed by atoms with Crippen LogP contribution >= 0.6 is 15.9 Å². The van der Waals surface area contributed by atoms with E-state index in [-0.39, 0.29) is 16.3 Å². The summed E-state index contributed by atoms with van der Waals surface area (Å²) in [4.78, 5) is 27.9. The maximum atomic E-state index is 13.2. The van der Waals surface area contributed by atoms with Crippen LogP contribution in [0.5, 0.6) is 0 Å². The molecule has 0 aromatic heterocycles. The zero-order valence-electron chi connectivity index (χ0n) is 11.6. The summed E-state index contributed by atoms with van der Waals surface area (Å²) in [7, 11) is 1.72. The van der Waals surface area contributed by atoms with Crippen molar-refractivity contribution in [2.24, 2.45) is 0 Å². The highest BCUT2D eigenvalue weighted by Gasteiger charge is 2.43. The number of amides is 2. The summed E-state index contributed by atoms with van der Waals surface area (Å²) in [6.45, 7) is 4.41. The molecule has 1 aromatic carbocycles. The molecular formula is C14H16BrFN2O2. The average molecular weight is 343 g/mol. The molecule has 1 aliphatic rings. The van der Waals surface area contributed by atoms with Gasteiger partial charge in [0.2, 0.25) is 5.91 Å². The van der Waals surface area contributed by atoms with Gasteiger partial charge in [-0.3, -0.25) is 9.59 Å². The van der Waals surface area contributed by atoms with Crippen molar-refractivity contribution in [2.75, 3.05) is 20.1 Å². The lowest BCUT2D eigenvalue weighted by Gasteiger charge is -2.44. The summed E-state index contributed by atoms with van der Waals surface area (Å²) in [6, 6.07) is 4.11. The molecule has 1 aromatic rings. The van der Waals surface area contributed by atoms with Crippen LogP contribution in [0, 0.1) is 5.82 Å². The highest BCUT2D eigenvalue weighted by molar-refractivity contribution is 9.10. The fourth-order valence-electron chi connectivity index (χ4n) is 2.35. The van der Waals surface area contributed by atoms with Crippen LogP contribution in [0.3, 0.4) is 0 Å². The van der Waals surface area contributed by atoms with Crippen molar-refractivity contribution in [3.05, 3.63) is 34.1 Å². The van der Waals surface area contributed by atoms with Crippen LogP contribution in [-0.2, 0) is 4.79 Å². The normalized spacial score (nSPS) is 18.4. The number of benzene rings is 1. The van der Waals surface area contributed by atoms with E-state index in [9.17, 15) is 14.0 Å². The Labute approximate surface area is 125 Å². The van der Waals surface area contributed by atoms with Gasteiger partial charge in [-0.05, 0) is 48.0 Å². The van der Waals surface area contributed by atoms with E-state index in [4.69, 9.17) is 0 Å². The SMILES string of the molecule is CN1CCN(C(=O)c2ccc(F)c(Br)c2)C(C)(C)C1=O. The van der Waals surface area contributed by atoms with Gasteiger partial charge in [-0.25, -0.2) is 4.39 Å². The number of nitrogens with zero attached hydrogens (tertiary/aromatic N) is 2. The Kier molecular flexibility index (Phi) is 3.86. The van der Waals surface area contributed by atoms with Crippen LogP contribution in [0.15, 0.2) is 22.7 Å². The molecule has 0 bridgehead atoms. The number of carbonyl (C=O) groups is 2. The fraction of sp³-hybridized carbons (Fsp3) is 0.429. The van der Waals surface area contributed by atoms with Crippen LogP contribution < -0.4 is 0 Å². The number of rotatable bonds is 1. The molecule has 0 aliphatic carbocycles. The Morgan fingerprint density at radius 1 is 1.35 bits per heavy atom. The molecule has 1 heterocycles. The van der Waals surface area contributed by atoms with Gasteiger partial charge in [0.05, 0.1) is 4.47 Å². The van der Waals surface area contributed by atoms with E-state index >= 15 is 0 Å². The Morgan fingerprint density at radius 3 is 2.60 bits per heavy atom. The van der Waals surface area contributed by atoms with Crippen LogP contribution in [0.1, 0.15) is 24.2 Å². The molecule has 0 atom stereocenters. The number of likely N-dealkylation sites (N-methyl/N-ethyl adjacent to an activating group) is 1. The monoisotopic (exact) mass is 342 g/mol. The molecule has 0 unspecified atom stereocenters. The van der Waals surface area contributed by atoms with Crippen molar-refractivity contribution in [2.45, 2.75) is 19.4 Å². The topological polar surface area (TPSA) is 40.6 Å². The largest absolute Gasteiger partial charge is 0.342 e. The van der Waals surface area contributed by atoms with Crippen molar-refractivity contribution in [1.29, 1.82) is 0 Å². The van der Waals surface area contributed by atoms with Crippen molar-refractivity contribution >= 4 is 27.7 Å². The number of piperazine rings is 1. The number of hydrogen-bond acceptors (Lipinski definition) is 2. The molecule has 108 valence electrons. The van der Waals surface area contributed by atoms with Gasteiger partial charge in [0.25, 0.3) is 5.91 Å². The third-order valence-electron chi connectivity index (χ3n) is 3.62. The van der Waals surface area contributed by atoms with Gasteiger partial charge >= 0.3 is 0 Å². The Bertz CT molecular complexity index is 574. The van der Waals surface area contributed by atoms with Crippen LogP contribution in [-0.4, -0.2) is 47.3 Å². The Morgan fingerprint density at radius 2 is 2.00 bits per heavy atom. The summed E-state index contributed by atoms with van der Waals surface area (Å²) in [5, 5.41) is 0. The van der Waals surface area contributed by atoms with Gasteiger partial charge < -0.3 is 9.80 Å². The predicted molar refractivity (Wildman–Crippen MR) is 76.9 cm³/mol. The average Bonchev–Trinajstić information content (AvgIpc) is 2.39. The number of hydrogen-bond donors (Lipinski definition) is 0. The van der Waals surface area contributed by atoms with Crippen molar-refractivity contribution in [1.82, 2.24) is 9.80 Å². The van der Waals surface area contributed by atoms with E-state index < -0.39 is 11.4 Å². The molecule has 20 heavy (non-hydrogen) atoms. The van der Waals surface area contributed by atoms with E-state index in [1.807, 2.05) is 0 Å². The Hall–Kier alpha value is -1.43. The van der Waals surface area contributed by atoms with Crippen LogP contribution in [0.2, 0.25) is 0 Å². The zero-order chi connectivity index (χ0) is 15.1. The van der Waals surface area contributed by atoms with Gasteiger partial charge in [0.15, 0.2) is 0 Å². The van der Waals surface area contributed by atoms with Gasteiger partial charge in [-0.15, -0.1) is 0 Å². The predicted octanol–water partition coefficient (Wildman–Crippen LogP) is 2.28. The smallest absolute Gasteiger partial charge is 0.254 e. The second-order valence-corrected chi connectivity index (χ2v) is 6.23. The molecule has 1 aliphatic heterocycles. The van der Waals surface area contributed by atoms with E-state index in [1.165, 1.54) is 23.1 Å². The second-order valence-electron chi connectivity index (χ2n) is 5.37. The van der Waals surface area contributed by atoms with Gasteiger partial charge in [0, 0.05) is 25.7 Å². The summed E-state index contributed by atoms with van der Waals surface area (Å²) in [5.41, 5.74) is -0.533. The second kappa shape index (κ2) is 5.16. The minimum atomic E-state index is -0.898. The standard InChI is InChI=1S/C14H16BrFN2O2/c1-14(2)13(20)17(3)6-7-18(14)12(19)9-4-5-11(16)10(15)8-9/h4-5,8H,6-7H2,1-3H3. The van der Waals surface area contributed by atoms with Crippen LogP contribution in [0.4, 0.5) is 4.39 Å². The number of carbonyl (C=O) groups excluding carboxylic acids is 2. The lowest BCUT2D eigenvalue weighted by molar-refractivity contribution is -0.144.